The fraction of sp³-hybridized carbons (Fsp3) is 1.00. The quantitative estimate of drug-likeness (QED) is 0.760. The predicted molar refractivity (Wildman–Crippen MR) is 72.0 cm³/mol. The van der Waals surface area contributed by atoms with Crippen LogP contribution in [-0.2, 0) is 4.74 Å². The molecule has 17 heavy (non-hydrogen) atoms. The van der Waals surface area contributed by atoms with Crippen molar-refractivity contribution in [2.75, 3.05) is 6.61 Å². The van der Waals surface area contributed by atoms with Crippen LogP contribution in [0.3, 0.4) is 0 Å². The molecule has 2 N–H and O–H groups in total. The van der Waals surface area contributed by atoms with E-state index in [9.17, 15) is 0 Å². The van der Waals surface area contributed by atoms with Crippen molar-refractivity contribution in [2.24, 2.45) is 11.7 Å². The lowest BCUT2D eigenvalue weighted by Crippen LogP contribution is -2.32. The van der Waals surface area contributed by atoms with Gasteiger partial charge in [0.2, 0.25) is 0 Å². The normalized spacial score (nSPS) is 29.8. The zero-order valence-electron chi connectivity index (χ0n) is 11.2. The summed E-state index contributed by atoms with van der Waals surface area (Å²) in [5.41, 5.74) is 6.38. The zero-order chi connectivity index (χ0) is 11.9. The van der Waals surface area contributed by atoms with Crippen molar-refractivity contribution in [3.63, 3.8) is 0 Å². The molecule has 2 fully saturated rings. The molecule has 2 aliphatic rings. The van der Waals surface area contributed by atoms with Crippen LogP contribution in [0.5, 0.6) is 0 Å². The summed E-state index contributed by atoms with van der Waals surface area (Å²) < 4.78 is 5.78. The van der Waals surface area contributed by atoms with E-state index in [4.69, 9.17) is 10.5 Å². The van der Waals surface area contributed by atoms with Gasteiger partial charge in [-0.2, -0.15) is 0 Å². The smallest absolute Gasteiger partial charge is 0.0575 e. The van der Waals surface area contributed by atoms with Crippen molar-refractivity contribution < 1.29 is 4.74 Å². The van der Waals surface area contributed by atoms with E-state index in [2.05, 4.69) is 0 Å². The zero-order valence-corrected chi connectivity index (χ0v) is 11.2. The minimum absolute atomic E-state index is 0.429. The van der Waals surface area contributed by atoms with Gasteiger partial charge in [-0.3, -0.25) is 0 Å². The lowest BCUT2D eigenvalue weighted by Gasteiger charge is -2.27. The standard InChI is InChI=1S/C15H29NO/c16-15(13-7-3-1-2-4-8-13)11-10-14-9-5-6-12-17-14/h13-15H,1-12,16H2. The third kappa shape index (κ3) is 4.59. The first-order valence-electron chi connectivity index (χ1n) is 7.73. The molecule has 0 bridgehead atoms. The van der Waals surface area contributed by atoms with Gasteiger partial charge in [0.15, 0.2) is 0 Å². The van der Waals surface area contributed by atoms with E-state index in [1.165, 1.54) is 70.6 Å². The largest absolute Gasteiger partial charge is 0.378 e. The molecule has 0 aromatic rings. The summed E-state index contributed by atoms with van der Waals surface area (Å²) in [7, 11) is 0. The Labute approximate surface area is 106 Å². The molecular weight excluding hydrogens is 210 g/mol. The molecule has 2 rings (SSSR count). The fourth-order valence-electron chi connectivity index (χ4n) is 3.39. The van der Waals surface area contributed by atoms with Crippen LogP contribution in [0, 0.1) is 5.92 Å². The van der Waals surface area contributed by atoms with Crippen molar-refractivity contribution in [3.8, 4) is 0 Å². The first kappa shape index (κ1) is 13.4. The molecular formula is C15H29NO. The summed E-state index contributed by atoms with van der Waals surface area (Å²) in [6.07, 6.45) is 15.1. The molecule has 1 aliphatic carbocycles. The van der Waals surface area contributed by atoms with Gasteiger partial charge in [-0.05, 0) is 50.9 Å². The maximum absolute atomic E-state index is 6.38. The summed E-state index contributed by atoms with van der Waals surface area (Å²) in [4.78, 5) is 0. The Balaban J connectivity index is 1.66. The first-order chi connectivity index (χ1) is 8.36. The van der Waals surface area contributed by atoms with Crippen molar-refractivity contribution in [2.45, 2.75) is 82.8 Å². The van der Waals surface area contributed by atoms with Gasteiger partial charge in [0.25, 0.3) is 0 Å². The van der Waals surface area contributed by atoms with Crippen LogP contribution in [0.2, 0.25) is 0 Å². The highest BCUT2D eigenvalue weighted by Crippen LogP contribution is 2.27. The molecule has 1 saturated carbocycles. The molecule has 0 amide bonds. The molecule has 0 radical (unpaired) electrons. The maximum Gasteiger partial charge on any atom is 0.0575 e. The summed E-state index contributed by atoms with van der Waals surface area (Å²) in [6, 6.07) is 0.429. The second-order valence-electron chi connectivity index (χ2n) is 5.98. The van der Waals surface area contributed by atoms with E-state index in [1.807, 2.05) is 0 Å². The predicted octanol–water partition coefficient (Wildman–Crippen LogP) is 3.63. The molecule has 0 aromatic carbocycles. The molecule has 0 spiro atoms. The van der Waals surface area contributed by atoms with Gasteiger partial charge in [-0.25, -0.2) is 0 Å². The van der Waals surface area contributed by atoms with Gasteiger partial charge in [-0.1, -0.05) is 25.7 Å². The van der Waals surface area contributed by atoms with Gasteiger partial charge in [0, 0.05) is 12.6 Å². The Bertz CT molecular complexity index is 193. The minimum Gasteiger partial charge on any atom is -0.378 e. The van der Waals surface area contributed by atoms with Gasteiger partial charge in [0.1, 0.15) is 0 Å². The Morgan fingerprint density at radius 2 is 1.65 bits per heavy atom. The van der Waals surface area contributed by atoms with Gasteiger partial charge in [-0.15, -0.1) is 0 Å². The van der Waals surface area contributed by atoms with Crippen molar-refractivity contribution in [3.05, 3.63) is 0 Å². The number of ether oxygens (including phenoxy) is 1. The van der Waals surface area contributed by atoms with Crippen molar-refractivity contribution >= 4 is 0 Å². The second kappa shape index (κ2) is 7.38. The SMILES string of the molecule is NC(CCC1CCCCO1)C1CCCCCC1. The summed E-state index contributed by atoms with van der Waals surface area (Å²) in [6.45, 7) is 0.976. The molecule has 2 atom stereocenters. The van der Waals surface area contributed by atoms with Crippen LogP contribution >= 0.6 is 0 Å². The van der Waals surface area contributed by atoms with Gasteiger partial charge >= 0.3 is 0 Å². The fourth-order valence-corrected chi connectivity index (χ4v) is 3.39. The van der Waals surface area contributed by atoms with E-state index in [-0.39, 0.29) is 0 Å². The van der Waals surface area contributed by atoms with Crippen molar-refractivity contribution in [1.82, 2.24) is 0 Å². The molecule has 0 aromatic heterocycles. The highest BCUT2D eigenvalue weighted by molar-refractivity contribution is 4.77. The number of nitrogens with two attached hydrogens (primary N) is 1. The van der Waals surface area contributed by atoms with E-state index in [0.29, 0.717) is 12.1 Å². The van der Waals surface area contributed by atoms with Crippen LogP contribution in [-0.4, -0.2) is 18.8 Å². The lowest BCUT2D eigenvalue weighted by atomic mass is 9.88. The van der Waals surface area contributed by atoms with Gasteiger partial charge < -0.3 is 10.5 Å². The molecule has 2 heteroatoms. The van der Waals surface area contributed by atoms with E-state index in [0.717, 1.165) is 12.5 Å². The number of hydrogen-bond donors (Lipinski definition) is 1. The van der Waals surface area contributed by atoms with Crippen LogP contribution in [0.15, 0.2) is 0 Å². The van der Waals surface area contributed by atoms with Crippen LogP contribution in [0.1, 0.15) is 70.6 Å². The Hall–Kier alpha value is -0.0800. The lowest BCUT2D eigenvalue weighted by molar-refractivity contribution is 0.00813. The molecule has 1 aliphatic heterocycles. The first-order valence-corrected chi connectivity index (χ1v) is 7.73. The average Bonchev–Trinajstić information content (AvgIpc) is 2.66. The van der Waals surface area contributed by atoms with E-state index in [1.54, 1.807) is 0 Å². The maximum atomic E-state index is 6.38. The Kier molecular flexibility index (Phi) is 5.79. The monoisotopic (exact) mass is 239 g/mol. The van der Waals surface area contributed by atoms with E-state index < -0.39 is 0 Å². The van der Waals surface area contributed by atoms with Crippen LogP contribution < -0.4 is 5.73 Å². The number of hydrogen-bond acceptors (Lipinski definition) is 2. The Morgan fingerprint density at radius 1 is 0.941 bits per heavy atom. The molecule has 100 valence electrons. The highest BCUT2D eigenvalue weighted by Gasteiger charge is 2.21. The summed E-state index contributed by atoms with van der Waals surface area (Å²) >= 11 is 0. The average molecular weight is 239 g/mol. The Morgan fingerprint density at radius 3 is 2.29 bits per heavy atom. The number of rotatable bonds is 4. The topological polar surface area (TPSA) is 35.2 Å². The molecule has 2 unspecified atom stereocenters. The van der Waals surface area contributed by atoms with Crippen molar-refractivity contribution in [1.29, 1.82) is 0 Å². The third-order valence-electron chi connectivity index (χ3n) is 4.60. The molecule has 2 nitrogen and oxygen atoms in total. The third-order valence-corrected chi connectivity index (χ3v) is 4.60. The van der Waals surface area contributed by atoms with E-state index >= 15 is 0 Å². The van der Waals surface area contributed by atoms with Crippen LogP contribution in [0.4, 0.5) is 0 Å². The molecule has 1 saturated heterocycles. The second-order valence-corrected chi connectivity index (χ2v) is 5.98. The minimum atomic E-state index is 0.429. The van der Waals surface area contributed by atoms with Gasteiger partial charge in [0.05, 0.1) is 6.10 Å². The highest BCUT2D eigenvalue weighted by atomic mass is 16.5. The molecule has 1 heterocycles. The van der Waals surface area contributed by atoms with Crippen LogP contribution in [0.25, 0.3) is 0 Å². The summed E-state index contributed by atoms with van der Waals surface area (Å²) in [5.74, 6) is 0.793. The summed E-state index contributed by atoms with van der Waals surface area (Å²) in [5, 5.41) is 0.